The van der Waals surface area contributed by atoms with Crippen LogP contribution in [0, 0.1) is 5.92 Å². The van der Waals surface area contributed by atoms with Gasteiger partial charge in [-0.25, -0.2) is 0 Å². The van der Waals surface area contributed by atoms with Gasteiger partial charge < -0.3 is 10.1 Å². The van der Waals surface area contributed by atoms with Crippen LogP contribution in [0.4, 0.5) is 0 Å². The molecule has 0 unspecified atom stereocenters. The van der Waals surface area contributed by atoms with Crippen LogP contribution in [0.5, 0.6) is 0 Å². The summed E-state index contributed by atoms with van der Waals surface area (Å²) < 4.78 is 5.42. The van der Waals surface area contributed by atoms with Crippen molar-refractivity contribution in [3.63, 3.8) is 0 Å². The fourth-order valence-corrected chi connectivity index (χ4v) is 2.25. The summed E-state index contributed by atoms with van der Waals surface area (Å²) in [6, 6.07) is 0. The molecule has 0 spiro atoms. The normalized spacial score (nSPS) is 36.1. The maximum atomic E-state index is 11.9. The lowest BCUT2D eigenvalue weighted by Crippen LogP contribution is -2.47. The Morgan fingerprint density at radius 1 is 1.50 bits per heavy atom. The van der Waals surface area contributed by atoms with Crippen LogP contribution in [0.25, 0.3) is 0 Å². The largest absolute Gasteiger partial charge is 0.459 e. The molecule has 80 valence electrons. The monoisotopic (exact) mass is 197 g/mol. The highest BCUT2D eigenvalue weighted by Gasteiger charge is 2.62. The lowest BCUT2D eigenvalue weighted by atomic mass is 10.0. The van der Waals surface area contributed by atoms with Crippen molar-refractivity contribution in [3.8, 4) is 0 Å². The standard InChI is InChI=1S/C11H19NO2/c1-10(2,3)14-9(13)11-7-8(11)5-4-6-12-11/h8,12H,4-7H2,1-3H3/t8-,11+/m1/s1. The van der Waals surface area contributed by atoms with Gasteiger partial charge in [0.25, 0.3) is 0 Å². The molecule has 3 nitrogen and oxygen atoms in total. The molecule has 2 fully saturated rings. The third-order valence-corrected chi connectivity index (χ3v) is 3.04. The van der Waals surface area contributed by atoms with Crippen LogP contribution in [0.2, 0.25) is 0 Å². The number of carbonyl (C=O) groups excluding carboxylic acids is 1. The topological polar surface area (TPSA) is 38.3 Å². The van der Waals surface area contributed by atoms with Gasteiger partial charge in [0.15, 0.2) is 0 Å². The maximum absolute atomic E-state index is 11.9. The highest BCUT2D eigenvalue weighted by atomic mass is 16.6. The lowest BCUT2D eigenvalue weighted by molar-refractivity contribution is -0.159. The van der Waals surface area contributed by atoms with E-state index < -0.39 is 0 Å². The van der Waals surface area contributed by atoms with Crippen molar-refractivity contribution >= 4 is 5.97 Å². The smallest absolute Gasteiger partial charge is 0.327 e. The van der Waals surface area contributed by atoms with Crippen molar-refractivity contribution in [1.82, 2.24) is 5.32 Å². The minimum absolute atomic E-state index is 0.0466. The van der Waals surface area contributed by atoms with Crippen molar-refractivity contribution in [2.45, 2.75) is 51.2 Å². The van der Waals surface area contributed by atoms with Crippen molar-refractivity contribution in [1.29, 1.82) is 0 Å². The Kier molecular flexibility index (Phi) is 2.11. The average molecular weight is 197 g/mol. The van der Waals surface area contributed by atoms with Gasteiger partial charge in [0.05, 0.1) is 0 Å². The molecule has 0 aromatic rings. The Labute approximate surface area is 85.2 Å². The highest BCUT2D eigenvalue weighted by Crippen LogP contribution is 2.50. The minimum Gasteiger partial charge on any atom is -0.459 e. The summed E-state index contributed by atoms with van der Waals surface area (Å²) >= 11 is 0. The van der Waals surface area contributed by atoms with E-state index in [1.807, 2.05) is 20.8 Å². The molecule has 14 heavy (non-hydrogen) atoms. The second-order valence-electron chi connectivity index (χ2n) is 5.44. The number of fused-ring (bicyclic) bond motifs is 1. The van der Waals surface area contributed by atoms with Gasteiger partial charge >= 0.3 is 5.97 Å². The molecule has 1 aliphatic heterocycles. The molecule has 0 bridgehead atoms. The molecule has 0 aromatic heterocycles. The van der Waals surface area contributed by atoms with Crippen LogP contribution < -0.4 is 5.32 Å². The molecule has 2 aliphatic rings. The van der Waals surface area contributed by atoms with E-state index in [0.29, 0.717) is 5.92 Å². The Morgan fingerprint density at radius 2 is 2.21 bits per heavy atom. The lowest BCUT2D eigenvalue weighted by Gasteiger charge is -2.27. The molecule has 1 heterocycles. The number of rotatable bonds is 1. The van der Waals surface area contributed by atoms with Crippen molar-refractivity contribution in [2.75, 3.05) is 6.54 Å². The summed E-state index contributed by atoms with van der Waals surface area (Å²) in [6.07, 6.45) is 3.34. The van der Waals surface area contributed by atoms with Gasteiger partial charge in [0.2, 0.25) is 0 Å². The summed E-state index contributed by atoms with van der Waals surface area (Å²) in [6.45, 7) is 6.71. The van der Waals surface area contributed by atoms with Gasteiger partial charge in [0, 0.05) is 0 Å². The summed E-state index contributed by atoms with van der Waals surface area (Å²) in [5.74, 6) is 0.487. The predicted molar refractivity (Wildman–Crippen MR) is 53.9 cm³/mol. The number of ether oxygens (including phenoxy) is 1. The molecular formula is C11H19NO2. The van der Waals surface area contributed by atoms with Gasteiger partial charge in [0.1, 0.15) is 11.1 Å². The number of carbonyl (C=O) groups is 1. The van der Waals surface area contributed by atoms with E-state index in [1.165, 1.54) is 12.8 Å². The number of hydrogen-bond donors (Lipinski definition) is 1. The zero-order valence-corrected chi connectivity index (χ0v) is 9.22. The van der Waals surface area contributed by atoms with Crippen molar-refractivity contribution in [3.05, 3.63) is 0 Å². The van der Waals surface area contributed by atoms with Crippen LogP contribution in [0.3, 0.4) is 0 Å². The van der Waals surface area contributed by atoms with E-state index in [2.05, 4.69) is 5.32 Å². The summed E-state index contributed by atoms with van der Waals surface area (Å²) in [7, 11) is 0. The van der Waals surface area contributed by atoms with Crippen LogP contribution in [0.1, 0.15) is 40.0 Å². The molecule has 1 saturated carbocycles. The molecule has 0 radical (unpaired) electrons. The summed E-state index contributed by atoms with van der Waals surface area (Å²) in [5.41, 5.74) is -0.663. The first-order valence-electron chi connectivity index (χ1n) is 5.42. The highest BCUT2D eigenvalue weighted by molar-refractivity contribution is 5.85. The summed E-state index contributed by atoms with van der Waals surface area (Å²) in [4.78, 5) is 11.9. The molecular weight excluding hydrogens is 178 g/mol. The quantitative estimate of drug-likeness (QED) is 0.647. The number of hydrogen-bond acceptors (Lipinski definition) is 3. The Bertz CT molecular complexity index is 257. The second kappa shape index (κ2) is 2.96. The predicted octanol–water partition coefficient (Wildman–Crippen LogP) is 1.47. The zero-order chi connectivity index (χ0) is 10.4. The van der Waals surface area contributed by atoms with Gasteiger partial charge in [-0.05, 0) is 52.5 Å². The van der Waals surface area contributed by atoms with Gasteiger partial charge in [-0.15, -0.1) is 0 Å². The number of esters is 1. The Morgan fingerprint density at radius 3 is 2.79 bits per heavy atom. The van der Waals surface area contributed by atoms with E-state index in [1.54, 1.807) is 0 Å². The summed E-state index contributed by atoms with van der Waals surface area (Å²) in [5, 5.41) is 3.32. The Hall–Kier alpha value is -0.570. The van der Waals surface area contributed by atoms with Crippen LogP contribution in [-0.2, 0) is 9.53 Å². The molecule has 2 atom stereocenters. The SMILES string of the molecule is CC(C)(C)OC(=O)[C@]12C[C@H]1CCCN2. The van der Waals surface area contributed by atoms with Crippen molar-refractivity contribution < 1.29 is 9.53 Å². The fourth-order valence-electron chi connectivity index (χ4n) is 2.25. The minimum atomic E-state index is -0.363. The number of nitrogens with one attached hydrogen (secondary N) is 1. The molecule has 1 N–H and O–H groups in total. The first-order valence-corrected chi connectivity index (χ1v) is 5.42. The second-order valence-corrected chi connectivity index (χ2v) is 5.44. The van der Waals surface area contributed by atoms with E-state index in [4.69, 9.17) is 4.74 Å². The van der Waals surface area contributed by atoms with E-state index in [9.17, 15) is 4.79 Å². The zero-order valence-electron chi connectivity index (χ0n) is 9.22. The molecule has 3 heteroatoms. The van der Waals surface area contributed by atoms with Gasteiger partial charge in [-0.2, -0.15) is 0 Å². The van der Waals surface area contributed by atoms with Crippen LogP contribution in [0.15, 0.2) is 0 Å². The first-order chi connectivity index (χ1) is 6.44. The number of piperidine rings is 1. The third-order valence-electron chi connectivity index (χ3n) is 3.04. The van der Waals surface area contributed by atoms with E-state index in [0.717, 1.165) is 13.0 Å². The van der Waals surface area contributed by atoms with Crippen LogP contribution in [-0.4, -0.2) is 23.7 Å². The molecule has 0 amide bonds. The van der Waals surface area contributed by atoms with Crippen molar-refractivity contribution in [2.24, 2.45) is 5.92 Å². The molecule has 1 saturated heterocycles. The maximum Gasteiger partial charge on any atom is 0.327 e. The fraction of sp³-hybridized carbons (Fsp3) is 0.909. The molecule has 0 aromatic carbocycles. The Balaban J connectivity index is 1.99. The van der Waals surface area contributed by atoms with Crippen LogP contribution >= 0.6 is 0 Å². The first kappa shape index (κ1) is 9.97. The van der Waals surface area contributed by atoms with E-state index in [-0.39, 0.29) is 17.1 Å². The van der Waals surface area contributed by atoms with Gasteiger partial charge in [-0.1, -0.05) is 0 Å². The molecule has 2 rings (SSSR count). The molecule has 1 aliphatic carbocycles. The van der Waals surface area contributed by atoms with Gasteiger partial charge in [-0.3, -0.25) is 4.79 Å². The van der Waals surface area contributed by atoms with E-state index >= 15 is 0 Å². The third kappa shape index (κ3) is 1.65. The average Bonchev–Trinajstić information content (AvgIpc) is 2.75.